The van der Waals surface area contributed by atoms with E-state index in [-0.39, 0.29) is 16.4 Å². The highest BCUT2D eigenvalue weighted by molar-refractivity contribution is 9.10. The van der Waals surface area contributed by atoms with E-state index < -0.39 is 30.4 Å². The molecule has 0 radical (unpaired) electrons. The van der Waals surface area contributed by atoms with Crippen molar-refractivity contribution in [2.75, 3.05) is 0 Å². The Morgan fingerprint density at radius 3 is 2.48 bits per heavy atom. The van der Waals surface area contributed by atoms with Gasteiger partial charge in [-0.2, -0.15) is 0 Å². The van der Waals surface area contributed by atoms with E-state index in [1.807, 2.05) is 0 Å². The fourth-order valence-electron chi connectivity index (χ4n) is 2.83. The first kappa shape index (κ1) is 18.4. The average molecular weight is 453 g/mol. The summed E-state index contributed by atoms with van der Waals surface area (Å²) in [5.74, 6) is -0.856. The predicted molar refractivity (Wildman–Crippen MR) is 97.9 cm³/mol. The van der Waals surface area contributed by atoms with Gasteiger partial charge in [0.15, 0.2) is 17.4 Å². The number of carbonyl (C=O) groups is 2. The van der Waals surface area contributed by atoms with E-state index in [9.17, 15) is 24.9 Å². The van der Waals surface area contributed by atoms with Gasteiger partial charge in [-0.3, -0.25) is 14.0 Å². The quantitative estimate of drug-likeness (QED) is 0.505. The molecule has 1 fully saturated rings. The van der Waals surface area contributed by atoms with Gasteiger partial charge in [0.1, 0.15) is 17.9 Å². The standard InChI is InChI=1S/C17H13BrN2O6S/c18-8-3-1-7(2-4-8)11(21)9-5-19-17-20(9)6-10(27-17)12(22)15-13(23)14(24)16(25)26-15/h1-6,13-16,23-25H/t13-,14-,15-,16?/m1/s1. The van der Waals surface area contributed by atoms with Crippen LogP contribution in [0.4, 0.5) is 0 Å². The second kappa shape index (κ2) is 6.89. The van der Waals surface area contributed by atoms with Gasteiger partial charge < -0.3 is 20.1 Å². The summed E-state index contributed by atoms with van der Waals surface area (Å²) >= 11 is 4.34. The third-order valence-corrected chi connectivity index (χ3v) is 5.83. The zero-order valence-electron chi connectivity index (χ0n) is 13.5. The van der Waals surface area contributed by atoms with Gasteiger partial charge in [0.25, 0.3) is 0 Å². The second-order valence-electron chi connectivity index (χ2n) is 6.02. The van der Waals surface area contributed by atoms with Crippen LogP contribution in [0.15, 0.2) is 41.1 Å². The van der Waals surface area contributed by atoms with Gasteiger partial charge >= 0.3 is 0 Å². The molecule has 1 unspecified atom stereocenters. The van der Waals surface area contributed by atoms with E-state index in [1.165, 1.54) is 16.8 Å². The highest BCUT2D eigenvalue weighted by Gasteiger charge is 2.46. The number of hydrogen-bond donors (Lipinski definition) is 3. The summed E-state index contributed by atoms with van der Waals surface area (Å²) in [7, 11) is 0. The second-order valence-corrected chi connectivity index (χ2v) is 7.94. The molecule has 1 aliphatic rings. The molecular formula is C17H13BrN2O6S. The molecule has 1 saturated heterocycles. The van der Waals surface area contributed by atoms with Crippen LogP contribution in [-0.2, 0) is 4.74 Å². The Labute approximate surface area is 164 Å². The lowest BCUT2D eigenvalue weighted by atomic mass is 10.1. The molecule has 4 rings (SSSR count). The van der Waals surface area contributed by atoms with Crippen LogP contribution in [0.3, 0.4) is 0 Å². The zero-order valence-corrected chi connectivity index (χ0v) is 15.9. The largest absolute Gasteiger partial charge is 0.387 e. The van der Waals surface area contributed by atoms with Crippen LogP contribution in [0, 0.1) is 0 Å². The van der Waals surface area contributed by atoms with Crippen molar-refractivity contribution < 1.29 is 29.6 Å². The van der Waals surface area contributed by atoms with Gasteiger partial charge in [0.05, 0.1) is 11.1 Å². The number of aliphatic hydroxyl groups excluding tert-OH is 3. The molecule has 10 heteroatoms. The van der Waals surface area contributed by atoms with Crippen molar-refractivity contribution in [1.29, 1.82) is 0 Å². The maximum Gasteiger partial charge on any atom is 0.211 e. The number of hydrogen-bond acceptors (Lipinski definition) is 8. The summed E-state index contributed by atoms with van der Waals surface area (Å²) in [5.41, 5.74) is 0.760. The van der Waals surface area contributed by atoms with Gasteiger partial charge in [-0.15, -0.1) is 0 Å². The van der Waals surface area contributed by atoms with Gasteiger partial charge in [-0.25, -0.2) is 4.98 Å². The number of benzene rings is 1. The summed E-state index contributed by atoms with van der Waals surface area (Å²) in [4.78, 5) is 30.1. The molecule has 0 saturated carbocycles. The molecule has 8 nitrogen and oxygen atoms in total. The molecule has 4 atom stereocenters. The fraction of sp³-hybridized carbons (Fsp3) is 0.235. The van der Waals surface area contributed by atoms with Crippen LogP contribution >= 0.6 is 27.3 Å². The number of rotatable bonds is 4. The van der Waals surface area contributed by atoms with Crippen LogP contribution in [0.2, 0.25) is 0 Å². The highest BCUT2D eigenvalue weighted by Crippen LogP contribution is 2.27. The molecule has 0 amide bonds. The van der Waals surface area contributed by atoms with Gasteiger partial charge in [0.2, 0.25) is 11.6 Å². The number of fused-ring (bicyclic) bond motifs is 1. The summed E-state index contributed by atoms with van der Waals surface area (Å²) in [6.45, 7) is 0. The Kier molecular flexibility index (Phi) is 4.70. The van der Waals surface area contributed by atoms with Crippen molar-refractivity contribution in [3.05, 3.63) is 57.3 Å². The zero-order chi connectivity index (χ0) is 19.3. The van der Waals surface area contributed by atoms with E-state index in [1.54, 1.807) is 24.3 Å². The minimum Gasteiger partial charge on any atom is -0.387 e. The van der Waals surface area contributed by atoms with Crippen molar-refractivity contribution in [2.24, 2.45) is 0 Å². The highest BCUT2D eigenvalue weighted by atomic mass is 79.9. The van der Waals surface area contributed by atoms with Gasteiger partial charge in [0, 0.05) is 16.2 Å². The SMILES string of the molecule is O=C(c1ccc(Br)cc1)c1cnc2sc(C(=O)[C@H]3OC(O)[C@H](O)[C@H]3O)cn12. The third kappa shape index (κ3) is 3.14. The summed E-state index contributed by atoms with van der Waals surface area (Å²) in [5, 5.41) is 28.9. The van der Waals surface area contributed by atoms with Crippen LogP contribution in [0.25, 0.3) is 4.96 Å². The normalized spacial score (nSPS) is 25.2. The van der Waals surface area contributed by atoms with Crippen LogP contribution in [-0.4, -0.2) is 60.9 Å². The monoisotopic (exact) mass is 452 g/mol. The Balaban J connectivity index is 1.65. The van der Waals surface area contributed by atoms with Crippen molar-refractivity contribution in [1.82, 2.24) is 9.38 Å². The topological polar surface area (TPSA) is 121 Å². The summed E-state index contributed by atoms with van der Waals surface area (Å²) < 4.78 is 7.29. The van der Waals surface area contributed by atoms with Crippen molar-refractivity contribution in [2.45, 2.75) is 24.6 Å². The molecule has 0 spiro atoms. The number of Topliss-reactive ketones (excluding diaryl/α,β-unsaturated/α-hetero) is 1. The number of carbonyl (C=O) groups excluding carboxylic acids is 2. The van der Waals surface area contributed by atoms with E-state index in [0.717, 1.165) is 15.8 Å². The number of aliphatic hydroxyl groups is 3. The third-order valence-electron chi connectivity index (χ3n) is 4.29. The Hall–Kier alpha value is -1.95. The van der Waals surface area contributed by atoms with Crippen molar-refractivity contribution in [3.63, 3.8) is 0 Å². The minimum absolute atomic E-state index is 0.188. The van der Waals surface area contributed by atoms with Crippen molar-refractivity contribution in [3.8, 4) is 0 Å². The number of thiazole rings is 1. The molecule has 3 N–H and O–H groups in total. The maximum atomic E-state index is 12.7. The first-order valence-corrected chi connectivity index (χ1v) is 9.49. The molecule has 2 aromatic heterocycles. The average Bonchev–Trinajstić information content (AvgIpc) is 3.31. The molecule has 0 aliphatic carbocycles. The van der Waals surface area contributed by atoms with E-state index >= 15 is 0 Å². The van der Waals surface area contributed by atoms with Crippen LogP contribution < -0.4 is 0 Å². The first-order chi connectivity index (χ1) is 12.9. The van der Waals surface area contributed by atoms with Gasteiger partial charge in [-0.1, -0.05) is 27.3 Å². The number of imidazole rings is 1. The predicted octanol–water partition coefficient (Wildman–Crippen LogP) is 1.01. The number of halogens is 1. The molecule has 0 bridgehead atoms. The maximum absolute atomic E-state index is 12.7. The molecule has 140 valence electrons. The number of aromatic nitrogens is 2. The summed E-state index contributed by atoms with van der Waals surface area (Å²) in [6, 6.07) is 6.86. The first-order valence-electron chi connectivity index (χ1n) is 7.88. The molecule has 1 aromatic carbocycles. The van der Waals surface area contributed by atoms with E-state index in [4.69, 9.17) is 4.74 Å². The molecule has 27 heavy (non-hydrogen) atoms. The Morgan fingerprint density at radius 2 is 1.85 bits per heavy atom. The van der Waals surface area contributed by atoms with Crippen molar-refractivity contribution >= 4 is 43.8 Å². The smallest absolute Gasteiger partial charge is 0.211 e. The molecular weight excluding hydrogens is 440 g/mol. The summed E-state index contributed by atoms with van der Waals surface area (Å²) in [6.07, 6.45) is -3.24. The van der Waals surface area contributed by atoms with E-state index in [0.29, 0.717) is 10.5 Å². The molecule has 3 aromatic rings. The Morgan fingerprint density at radius 1 is 1.15 bits per heavy atom. The number of nitrogens with zero attached hydrogens (tertiary/aromatic N) is 2. The fourth-order valence-corrected chi connectivity index (χ4v) is 4.02. The number of ether oxygens (including phenoxy) is 1. The van der Waals surface area contributed by atoms with Crippen LogP contribution in [0.1, 0.15) is 25.7 Å². The Bertz CT molecular complexity index is 1030. The minimum atomic E-state index is -1.63. The number of ketones is 2. The van der Waals surface area contributed by atoms with Gasteiger partial charge in [-0.05, 0) is 24.3 Å². The lowest BCUT2D eigenvalue weighted by molar-refractivity contribution is -0.120. The molecule has 3 heterocycles. The van der Waals surface area contributed by atoms with Crippen LogP contribution in [0.5, 0.6) is 0 Å². The molecule has 1 aliphatic heterocycles. The van der Waals surface area contributed by atoms with E-state index in [2.05, 4.69) is 20.9 Å². The lowest BCUT2D eigenvalue weighted by Gasteiger charge is -2.11. The lowest BCUT2D eigenvalue weighted by Crippen LogP contribution is -2.36.